The van der Waals surface area contributed by atoms with E-state index in [1.165, 1.54) is 68.6 Å². The Kier molecular flexibility index (Phi) is 6.11. The number of anilines is 2. The van der Waals surface area contributed by atoms with Crippen molar-refractivity contribution < 1.29 is 8.78 Å². The number of fused-ring (bicyclic) bond motifs is 2. The highest BCUT2D eigenvalue weighted by Gasteiger charge is 2.28. The van der Waals surface area contributed by atoms with Crippen LogP contribution in [0.15, 0.2) is 42.6 Å². The molecule has 2 aliphatic rings. The Labute approximate surface area is 192 Å². The number of hydrogen-bond acceptors (Lipinski definition) is 2. The van der Waals surface area contributed by atoms with E-state index in [2.05, 4.69) is 38.8 Å². The smallest absolute Gasteiger partial charge is 0.175 e. The molecule has 2 saturated heterocycles. The summed E-state index contributed by atoms with van der Waals surface area (Å²) in [6.45, 7) is 2.43. The van der Waals surface area contributed by atoms with Crippen LogP contribution in [0.3, 0.4) is 0 Å². The number of aromatic nitrogens is 1. The van der Waals surface area contributed by atoms with Gasteiger partial charge >= 0.3 is 0 Å². The zero-order valence-corrected chi connectivity index (χ0v) is 18.8. The number of rotatable bonds is 3. The van der Waals surface area contributed by atoms with Gasteiger partial charge in [-0.2, -0.15) is 0 Å². The minimum absolute atomic E-state index is 0.332. The van der Waals surface area contributed by atoms with Gasteiger partial charge in [-0.1, -0.05) is 6.42 Å². The Hall–Kier alpha value is -2.51. The maximum absolute atomic E-state index is 13.5. The molecule has 3 aromatic rings. The summed E-state index contributed by atoms with van der Waals surface area (Å²) in [5.41, 5.74) is 3.76. The van der Waals surface area contributed by atoms with Gasteiger partial charge in [0, 0.05) is 40.6 Å². The van der Waals surface area contributed by atoms with Gasteiger partial charge in [0.25, 0.3) is 0 Å². The Morgan fingerprint density at radius 2 is 1.72 bits per heavy atom. The molecule has 2 unspecified atom stereocenters. The largest absolute Gasteiger partial charge is 0.361 e. The maximum Gasteiger partial charge on any atom is 0.175 e. The van der Waals surface area contributed by atoms with Gasteiger partial charge in [0.05, 0.1) is 0 Å². The molecule has 2 aromatic carbocycles. The summed E-state index contributed by atoms with van der Waals surface area (Å²) in [6, 6.07) is 10.5. The van der Waals surface area contributed by atoms with Crippen LogP contribution in [0.2, 0.25) is 0 Å². The SMILES string of the molecule is Fc1ccc(NC(=S)Nc2ccc3[nH]cc(C4CCC5CCCCN5CC4)c3c2)cc1F. The van der Waals surface area contributed by atoms with Crippen LogP contribution in [0.25, 0.3) is 10.9 Å². The fourth-order valence-electron chi connectivity index (χ4n) is 5.28. The van der Waals surface area contributed by atoms with Crippen LogP contribution in [0, 0.1) is 11.6 Å². The van der Waals surface area contributed by atoms with Crippen molar-refractivity contribution in [2.75, 3.05) is 23.7 Å². The summed E-state index contributed by atoms with van der Waals surface area (Å²) in [7, 11) is 0. The van der Waals surface area contributed by atoms with E-state index >= 15 is 0 Å². The third-order valence-electron chi connectivity index (χ3n) is 6.95. The number of aromatic amines is 1. The molecule has 1 aromatic heterocycles. The summed E-state index contributed by atoms with van der Waals surface area (Å²) in [5.74, 6) is -1.23. The molecule has 168 valence electrons. The Morgan fingerprint density at radius 3 is 2.56 bits per heavy atom. The lowest BCUT2D eigenvalue weighted by molar-refractivity contribution is 0.151. The average molecular weight is 455 g/mol. The molecule has 2 atom stereocenters. The standard InChI is InChI=1S/C25H28F2N4S/c26-22-8-5-18(14-23(22)27)30-25(32)29-17-6-9-24-20(13-17)21(15-28-24)16-4-7-19-3-1-2-11-31(19)12-10-16/h5-6,8-9,13-16,19,28H,1-4,7,10-12H2,(H2,29,30,32). The Morgan fingerprint density at radius 1 is 0.906 bits per heavy atom. The fraction of sp³-hybridized carbons (Fsp3) is 0.400. The van der Waals surface area contributed by atoms with Crippen molar-refractivity contribution in [2.24, 2.45) is 0 Å². The van der Waals surface area contributed by atoms with Crippen LogP contribution in [0.1, 0.15) is 50.0 Å². The fourth-order valence-corrected chi connectivity index (χ4v) is 5.51. The van der Waals surface area contributed by atoms with E-state index in [0.29, 0.717) is 16.7 Å². The van der Waals surface area contributed by atoms with Crippen LogP contribution >= 0.6 is 12.2 Å². The molecule has 32 heavy (non-hydrogen) atoms. The zero-order valence-electron chi connectivity index (χ0n) is 18.0. The average Bonchev–Trinajstić information content (AvgIpc) is 3.08. The second kappa shape index (κ2) is 9.16. The first kappa shape index (κ1) is 21.3. The number of piperidine rings is 1. The van der Waals surface area contributed by atoms with Gasteiger partial charge < -0.3 is 20.5 Å². The van der Waals surface area contributed by atoms with Crippen molar-refractivity contribution in [1.29, 1.82) is 0 Å². The molecule has 0 amide bonds. The zero-order chi connectivity index (χ0) is 22.1. The molecular formula is C25H28F2N4S. The van der Waals surface area contributed by atoms with Crippen LogP contribution in [0.4, 0.5) is 20.2 Å². The van der Waals surface area contributed by atoms with Gasteiger partial charge in [0.2, 0.25) is 0 Å². The summed E-state index contributed by atoms with van der Waals surface area (Å²) in [4.78, 5) is 6.14. The molecule has 0 bridgehead atoms. The number of nitrogens with one attached hydrogen (secondary N) is 3. The molecule has 0 radical (unpaired) electrons. The lowest BCUT2D eigenvalue weighted by atomic mass is 9.90. The normalized spacial score (nSPS) is 21.7. The molecule has 5 rings (SSSR count). The number of benzene rings is 2. The van der Waals surface area contributed by atoms with Gasteiger partial charge in [0.15, 0.2) is 16.7 Å². The Balaban J connectivity index is 1.31. The minimum atomic E-state index is -0.907. The lowest BCUT2D eigenvalue weighted by Crippen LogP contribution is -2.38. The number of thiocarbonyl (C=S) groups is 1. The summed E-state index contributed by atoms with van der Waals surface area (Å²) in [5, 5.41) is 7.64. The summed E-state index contributed by atoms with van der Waals surface area (Å²) in [6.07, 6.45) is 9.91. The van der Waals surface area contributed by atoms with Crippen molar-refractivity contribution in [3.8, 4) is 0 Å². The van der Waals surface area contributed by atoms with E-state index in [0.717, 1.165) is 29.4 Å². The predicted octanol–water partition coefficient (Wildman–Crippen LogP) is 6.38. The molecule has 4 nitrogen and oxygen atoms in total. The molecule has 3 N–H and O–H groups in total. The van der Waals surface area contributed by atoms with Gasteiger partial charge in [-0.15, -0.1) is 0 Å². The van der Waals surface area contributed by atoms with E-state index in [9.17, 15) is 8.78 Å². The monoisotopic (exact) mass is 454 g/mol. The van der Waals surface area contributed by atoms with Crippen LogP contribution in [0.5, 0.6) is 0 Å². The maximum atomic E-state index is 13.5. The molecule has 7 heteroatoms. The molecule has 0 spiro atoms. The first-order chi connectivity index (χ1) is 15.6. The molecule has 2 aliphatic heterocycles. The molecule has 3 heterocycles. The van der Waals surface area contributed by atoms with Gasteiger partial charge in [0.1, 0.15) is 0 Å². The highest BCUT2D eigenvalue weighted by molar-refractivity contribution is 7.80. The van der Waals surface area contributed by atoms with E-state index in [1.807, 2.05) is 6.07 Å². The van der Waals surface area contributed by atoms with Gasteiger partial charge in [-0.25, -0.2) is 8.78 Å². The number of H-pyrrole nitrogens is 1. The topological polar surface area (TPSA) is 43.1 Å². The van der Waals surface area contributed by atoms with E-state index in [4.69, 9.17) is 12.2 Å². The summed E-state index contributed by atoms with van der Waals surface area (Å²) >= 11 is 5.38. The highest BCUT2D eigenvalue weighted by Crippen LogP contribution is 2.37. The van der Waals surface area contributed by atoms with Crippen molar-refractivity contribution >= 4 is 39.6 Å². The van der Waals surface area contributed by atoms with Crippen LogP contribution in [-0.2, 0) is 0 Å². The van der Waals surface area contributed by atoms with Crippen LogP contribution in [-0.4, -0.2) is 34.1 Å². The van der Waals surface area contributed by atoms with Gasteiger partial charge in [-0.05, 0) is 99.2 Å². The second-order valence-electron chi connectivity index (χ2n) is 8.96. The van der Waals surface area contributed by atoms with Gasteiger partial charge in [-0.3, -0.25) is 0 Å². The highest BCUT2D eigenvalue weighted by atomic mass is 32.1. The first-order valence-corrected chi connectivity index (χ1v) is 11.9. The predicted molar refractivity (Wildman–Crippen MR) is 130 cm³/mol. The molecule has 0 saturated carbocycles. The van der Waals surface area contributed by atoms with E-state index in [1.54, 1.807) is 0 Å². The van der Waals surface area contributed by atoms with Crippen molar-refractivity contribution in [3.63, 3.8) is 0 Å². The molecule has 0 aliphatic carbocycles. The third kappa shape index (κ3) is 4.50. The van der Waals surface area contributed by atoms with E-state index in [-0.39, 0.29) is 0 Å². The first-order valence-electron chi connectivity index (χ1n) is 11.4. The number of hydrogen-bond donors (Lipinski definition) is 3. The minimum Gasteiger partial charge on any atom is -0.361 e. The second-order valence-corrected chi connectivity index (χ2v) is 9.37. The number of nitrogens with zero attached hydrogens (tertiary/aromatic N) is 1. The van der Waals surface area contributed by atoms with Crippen molar-refractivity contribution in [2.45, 2.75) is 50.5 Å². The number of halogens is 2. The summed E-state index contributed by atoms with van der Waals surface area (Å²) < 4.78 is 26.6. The van der Waals surface area contributed by atoms with Crippen molar-refractivity contribution in [1.82, 2.24) is 9.88 Å². The van der Waals surface area contributed by atoms with Crippen LogP contribution < -0.4 is 10.6 Å². The van der Waals surface area contributed by atoms with E-state index < -0.39 is 11.6 Å². The molecule has 2 fully saturated rings. The third-order valence-corrected chi connectivity index (χ3v) is 7.16. The Bertz CT molecular complexity index is 1110. The molecular weight excluding hydrogens is 426 g/mol. The van der Waals surface area contributed by atoms with Crippen molar-refractivity contribution in [3.05, 3.63) is 59.8 Å². The quantitative estimate of drug-likeness (QED) is 0.402. The lowest BCUT2D eigenvalue weighted by Gasteiger charge is -2.33.